The number of imidazole rings is 1. The summed E-state index contributed by atoms with van der Waals surface area (Å²) in [5.41, 5.74) is 4.48. The molecule has 0 spiro atoms. The second-order valence-electron chi connectivity index (χ2n) is 4.51. The first-order valence-corrected chi connectivity index (χ1v) is 6.28. The van der Waals surface area contributed by atoms with Gasteiger partial charge in [0.2, 0.25) is 0 Å². The van der Waals surface area contributed by atoms with Gasteiger partial charge in [-0.05, 0) is 30.7 Å². The van der Waals surface area contributed by atoms with E-state index >= 15 is 0 Å². The van der Waals surface area contributed by atoms with Crippen LogP contribution in [0.3, 0.4) is 0 Å². The molecule has 1 aromatic heterocycles. The topological polar surface area (TPSA) is 28.7 Å². The molecule has 0 radical (unpaired) electrons. The van der Waals surface area contributed by atoms with Crippen molar-refractivity contribution in [2.45, 2.75) is 13.3 Å². The molecule has 0 aliphatic carbocycles. The van der Waals surface area contributed by atoms with Gasteiger partial charge in [0, 0.05) is 11.4 Å². The van der Waals surface area contributed by atoms with Crippen LogP contribution in [0.25, 0.3) is 11.0 Å². The molecule has 1 heterocycles. The van der Waals surface area contributed by atoms with Crippen molar-refractivity contribution < 1.29 is 0 Å². The lowest BCUT2D eigenvalue weighted by Gasteiger charge is -1.98. The lowest BCUT2D eigenvalue weighted by Crippen LogP contribution is -1.90. The minimum absolute atomic E-state index is 0.730. The summed E-state index contributed by atoms with van der Waals surface area (Å²) in [6.07, 6.45) is 0.812. The average Bonchev–Trinajstić information content (AvgIpc) is 2.73. The monoisotopic (exact) mass is 256 g/mol. The summed E-state index contributed by atoms with van der Waals surface area (Å²) in [4.78, 5) is 7.86. The van der Waals surface area contributed by atoms with Gasteiger partial charge in [-0.3, -0.25) is 0 Å². The third kappa shape index (κ3) is 2.24. The highest BCUT2D eigenvalue weighted by atomic mass is 35.5. The highest BCUT2D eigenvalue weighted by Crippen LogP contribution is 2.18. The maximum Gasteiger partial charge on any atom is 0.111 e. The number of nitrogens with zero attached hydrogens (tertiary/aromatic N) is 1. The molecule has 0 aliphatic rings. The number of nitrogens with one attached hydrogen (secondary N) is 1. The van der Waals surface area contributed by atoms with Gasteiger partial charge in [0.1, 0.15) is 5.82 Å². The summed E-state index contributed by atoms with van der Waals surface area (Å²) in [6, 6.07) is 14.2. The maximum absolute atomic E-state index is 5.96. The number of hydrogen-bond donors (Lipinski definition) is 1. The Kier molecular flexibility index (Phi) is 2.80. The number of benzene rings is 2. The van der Waals surface area contributed by atoms with Crippen LogP contribution in [-0.2, 0) is 6.42 Å². The number of fused-ring (bicyclic) bond motifs is 1. The van der Waals surface area contributed by atoms with Gasteiger partial charge in [-0.25, -0.2) is 4.98 Å². The van der Waals surface area contributed by atoms with Crippen molar-refractivity contribution in [1.29, 1.82) is 0 Å². The van der Waals surface area contributed by atoms with Crippen molar-refractivity contribution in [2.24, 2.45) is 0 Å². The number of hydrogen-bond acceptors (Lipinski definition) is 1. The SMILES string of the molecule is Cc1ccc(Cc2nc3ccc(Cl)cc3[nH]2)cc1. The molecule has 0 aliphatic heterocycles. The van der Waals surface area contributed by atoms with Crippen LogP contribution < -0.4 is 0 Å². The van der Waals surface area contributed by atoms with E-state index in [-0.39, 0.29) is 0 Å². The normalized spacial score (nSPS) is 11.0. The molecule has 18 heavy (non-hydrogen) atoms. The second kappa shape index (κ2) is 4.46. The Morgan fingerprint density at radius 3 is 2.67 bits per heavy atom. The van der Waals surface area contributed by atoms with E-state index in [0.29, 0.717) is 0 Å². The Bertz CT molecular complexity index is 683. The molecule has 0 fully saturated rings. The number of aromatic nitrogens is 2. The number of rotatable bonds is 2. The van der Waals surface area contributed by atoms with Crippen LogP contribution in [0.1, 0.15) is 17.0 Å². The minimum Gasteiger partial charge on any atom is -0.342 e. The molecule has 2 nitrogen and oxygen atoms in total. The Labute approximate surface area is 111 Å². The van der Waals surface area contributed by atoms with Crippen LogP contribution in [0.15, 0.2) is 42.5 Å². The summed E-state index contributed by atoms with van der Waals surface area (Å²) in [6.45, 7) is 2.09. The zero-order valence-electron chi connectivity index (χ0n) is 10.1. The number of aryl methyl sites for hydroxylation is 1. The van der Waals surface area contributed by atoms with Crippen LogP contribution in [0.4, 0.5) is 0 Å². The molecule has 1 N–H and O–H groups in total. The largest absolute Gasteiger partial charge is 0.342 e. The average molecular weight is 257 g/mol. The summed E-state index contributed by atoms with van der Waals surface area (Å²) >= 11 is 5.96. The zero-order chi connectivity index (χ0) is 12.5. The van der Waals surface area contributed by atoms with E-state index in [4.69, 9.17) is 11.6 Å². The number of aromatic amines is 1. The van der Waals surface area contributed by atoms with E-state index in [1.54, 1.807) is 0 Å². The summed E-state index contributed by atoms with van der Waals surface area (Å²) in [7, 11) is 0. The van der Waals surface area contributed by atoms with E-state index in [0.717, 1.165) is 28.3 Å². The summed E-state index contributed by atoms with van der Waals surface area (Å²) < 4.78 is 0. The third-order valence-corrected chi connectivity index (χ3v) is 3.22. The molecular formula is C15H13ClN2. The fraction of sp³-hybridized carbons (Fsp3) is 0.133. The predicted octanol–water partition coefficient (Wildman–Crippen LogP) is 4.12. The van der Waals surface area contributed by atoms with Gasteiger partial charge in [-0.15, -0.1) is 0 Å². The Hall–Kier alpha value is -1.80. The molecule has 3 aromatic rings. The van der Waals surface area contributed by atoms with E-state index in [1.807, 2.05) is 18.2 Å². The highest BCUT2D eigenvalue weighted by molar-refractivity contribution is 6.31. The third-order valence-electron chi connectivity index (χ3n) is 2.99. The van der Waals surface area contributed by atoms with E-state index in [2.05, 4.69) is 41.2 Å². The van der Waals surface area contributed by atoms with Crippen LogP contribution in [0.5, 0.6) is 0 Å². The van der Waals surface area contributed by atoms with Gasteiger partial charge in [0.15, 0.2) is 0 Å². The van der Waals surface area contributed by atoms with Crippen molar-refractivity contribution >= 4 is 22.6 Å². The molecule has 0 bridgehead atoms. The van der Waals surface area contributed by atoms with Crippen molar-refractivity contribution in [2.75, 3.05) is 0 Å². The van der Waals surface area contributed by atoms with Crippen molar-refractivity contribution in [3.8, 4) is 0 Å². The van der Waals surface area contributed by atoms with Crippen LogP contribution in [0.2, 0.25) is 5.02 Å². The van der Waals surface area contributed by atoms with Gasteiger partial charge in [-0.1, -0.05) is 41.4 Å². The molecule has 3 heteroatoms. The zero-order valence-corrected chi connectivity index (χ0v) is 10.8. The number of halogens is 1. The predicted molar refractivity (Wildman–Crippen MR) is 75.1 cm³/mol. The molecule has 2 aromatic carbocycles. The fourth-order valence-corrected chi connectivity index (χ4v) is 2.19. The van der Waals surface area contributed by atoms with E-state index in [9.17, 15) is 0 Å². The quantitative estimate of drug-likeness (QED) is 0.734. The van der Waals surface area contributed by atoms with Gasteiger partial charge in [0.05, 0.1) is 11.0 Å². The first-order valence-electron chi connectivity index (χ1n) is 5.90. The number of H-pyrrole nitrogens is 1. The highest BCUT2D eigenvalue weighted by Gasteiger charge is 2.04. The smallest absolute Gasteiger partial charge is 0.111 e. The summed E-state index contributed by atoms with van der Waals surface area (Å²) in [5, 5.41) is 0.730. The van der Waals surface area contributed by atoms with Crippen molar-refractivity contribution in [3.05, 3.63) is 64.4 Å². The standard InChI is InChI=1S/C15H13ClN2/c1-10-2-4-11(5-3-10)8-15-17-13-7-6-12(16)9-14(13)18-15/h2-7,9H,8H2,1H3,(H,17,18). The van der Waals surface area contributed by atoms with E-state index < -0.39 is 0 Å². The molecule has 0 amide bonds. The maximum atomic E-state index is 5.96. The van der Waals surface area contributed by atoms with Crippen LogP contribution in [-0.4, -0.2) is 9.97 Å². The Balaban J connectivity index is 1.92. The lowest BCUT2D eigenvalue weighted by atomic mass is 10.1. The molecule has 0 unspecified atom stereocenters. The van der Waals surface area contributed by atoms with Gasteiger partial charge < -0.3 is 4.98 Å². The fourth-order valence-electron chi connectivity index (χ4n) is 2.02. The molecule has 0 saturated carbocycles. The van der Waals surface area contributed by atoms with E-state index in [1.165, 1.54) is 11.1 Å². The first kappa shape index (κ1) is 11.3. The molecule has 0 atom stereocenters. The Morgan fingerprint density at radius 2 is 1.89 bits per heavy atom. The van der Waals surface area contributed by atoms with Crippen molar-refractivity contribution in [3.63, 3.8) is 0 Å². The molecular weight excluding hydrogens is 244 g/mol. The van der Waals surface area contributed by atoms with Crippen LogP contribution in [0, 0.1) is 6.92 Å². The van der Waals surface area contributed by atoms with Crippen molar-refractivity contribution in [1.82, 2.24) is 9.97 Å². The minimum atomic E-state index is 0.730. The molecule has 0 saturated heterocycles. The lowest BCUT2D eigenvalue weighted by molar-refractivity contribution is 1.04. The molecule has 3 rings (SSSR count). The summed E-state index contributed by atoms with van der Waals surface area (Å²) in [5.74, 6) is 0.969. The first-order chi connectivity index (χ1) is 8.70. The van der Waals surface area contributed by atoms with Gasteiger partial charge in [0.25, 0.3) is 0 Å². The Morgan fingerprint density at radius 1 is 1.11 bits per heavy atom. The second-order valence-corrected chi connectivity index (χ2v) is 4.94. The molecule has 90 valence electrons. The van der Waals surface area contributed by atoms with Crippen LogP contribution >= 0.6 is 11.6 Å². The van der Waals surface area contributed by atoms with Gasteiger partial charge in [-0.2, -0.15) is 0 Å². The van der Waals surface area contributed by atoms with Gasteiger partial charge >= 0.3 is 0 Å².